The molecule has 0 aromatic heterocycles. The van der Waals surface area contributed by atoms with Gasteiger partial charge in [-0.15, -0.1) is 0 Å². The van der Waals surface area contributed by atoms with Crippen LogP contribution in [0.1, 0.15) is 24.8 Å². The molecule has 0 amide bonds. The molecule has 0 saturated carbocycles. The quantitative estimate of drug-likeness (QED) is 0.537. The van der Waals surface area contributed by atoms with Crippen molar-refractivity contribution in [3.8, 4) is 0 Å². The molecule has 17 heavy (non-hydrogen) atoms. The molecule has 1 aromatic carbocycles. The van der Waals surface area contributed by atoms with Crippen molar-refractivity contribution in [2.45, 2.75) is 25.9 Å². The highest BCUT2D eigenvalue weighted by Crippen LogP contribution is 2.04. The Labute approximate surface area is 103 Å². The molecular formula is C14H21NO2. The minimum atomic E-state index is -0.104. The molecule has 0 saturated heterocycles. The normalized spacial score (nSPS) is 10.5. The first-order valence-corrected chi connectivity index (χ1v) is 6.03. The first-order valence-electron chi connectivity index (χ1n) is 6.03. The summed E-state index contributed by atoms with van der Waals surface area (Å²) in [6, 6.07) is 9.76. The van der Waals surface area contributed by atoms with E-state index in [4.69, 9.17) is 4.74 Å². The molecule has 0 spiro atoms. The molecule has 1 aromatic rings. The van der Waals surface area contributed by atoms with Crippen LogP contribution in [0.4, 0.5) is 0 Å². The van der Waals surface area contributed by atoms with Crippen LogP contribution in [0.15, 0.2) is 30.3 Å². The molecule has 0 bridgehead atoms. The average Bonchev–Trinajstić information content (AvgIpc) is 2.33. The predicted molar refractivity (Wildman–Crippen MR) is 68.6 cm³/mol. The van der Waals surface area contributed by atoms with Gasteiger partial charge in [0.2, 0.25) is 0 Å². The SMILES string of the molecule is CN(C)CCCCC(=O)OCc1ccccc1. The first kappa shape index (κ1) is 13.7. The zero-order valence-corrected chi connectivity index (χ0v) is 10.7. The van der Waals surface area contributed by atoms with Gasteiger partial charge in [-0.25, -0.2) is 0 Å². The lowest BCUT2D eigenvalue weighted by molar-refractivity contribution is -0.145. The standard InChI is InChI=1S/C14H21NO2/c1-15(2)11-7-6-10-14(16)17-12-13-8-4-3-5-9-13/h3-5,8-9H,6-7,10-12H2,1-2H3. The molecule has 94 valence electrons. The van der Waals surface area contributed by atoms with Gasteiger partial charge in [0.15, 0.2) is 0 Å². The first-order chi connectivity index (χ1) is 8.18. The Bertz CT molecular complexity index is 322. The van der Waals surface area contributed by atoms with E-state index in [1.807, 2.05) is 44.4 Å². The zero-order valence-electron chi connectivity index (χ0n) is 10.7. The number of esters is 1. The fraction of sp³-hybridized carbons (Fsp3) is 0.500. The third-order valence-corrected chi connectivity index (χ3v) is 2.48. The zero-order chi connectivity index (χ0) is 12.5. The van der Waals surface area contributed by atoms with E-state index in [0.717, 1.165) is 24.9 Å². The number of carbonyl (C=O) groups is 1. The molecule has 0 N–H and O–H groups in total. The fourth-order valence-corrected chi connectivity index (χ4v) is 1.51. The van der Waals surface area contributed by atoms with Crippen LogP contribution in [-0.4, -0.2) is 31.5 Å². The summed E-state index contributed by atoms with van der Waals surface area (Å²) in [5, 5.41) is 0. The van der Waals surface area contributed by atoms with Gasteiger partial charge in [0.25, 0.3) is 0 Å². The van der Waals surface area contributed by atoms with E-state index in [2.05, 4.69) is 4.90 Å². The Hall–Kier alpha value is -1.35. The van der Waals surface area contributed by atoms with Gasteiger partial charge in [0.1, 0.15) is 6.61 Å². The summed E-state index contributed by atoms with van der Waals surface area (Å²) in [7, 11) is 4.07. The number of unbranched alkanes of at least 4 members (excludes halogenated alkanes) is 1. The highest BCUT2D eigenvalue weighted by atomic mass is 16.5. The molecular weight excluding hydrogens is 214 g/mol. The van der Waals surface area contributed by atoms with Gasteiger partial charge in [0, 0.05) is 6.42 Å². The van der Waals surface area contributed by atoms with Crippen LogP contribution in [0, 0.1) is 0 Å². The van der Waals surface area contributed by atoms with Crippen LogP contribution < -0.4 is 0 Å². The Morgan fingerprint density at radius 2 is 1.88 bits per heavy atom. The summed E-state index contributed by atoms with van der Waals surface area (Å²) in [6.45, 7) is 1.40. The summed E-state index contributed by atoms with van der Waals surface area (Å²) in [5.41, 5.74) is 1.04. The second kappa shape index (κ2) is 7.85. The van der Waals surface area contributed by atoms with Crippen molar-refractivity contribution < 1.29 is 9.53 Å². The number of hydrogen-bond acceptors (Lipinski definition) is 3. The Kier molecular flexibility index (Phi) is 6.33. The van der Waals surface area contributed by atoms with E-state index < -0.39 is 0 Å². The fourth-order valence-electron chi connectivity index (χ4n) is 1.51. The maximum Gasteiger partial charge on any atom is 0.306 e. The highest BCUT2D eigenvalue weighted by Gasteiger charge is 2.03. The van der Waals surface area contributed by atoms with E-state index in [1.165, 1.54) is 0 Å². The van der Waals surface area contributed by atoms with Crippen molar-refractivity contribution in [1.29, 1.82) is 0 Å². The van der Waals surface area contributed by atoms with Crippen molar-refractivity contribution in [3.63, 3.8) is 0 Å². The molecule has 0 atom stereocenters. The Morgan fingerprint density at radius 1 is 1.18 bits per heavy atom. The molecule has 0 fully saturated rings. The predicted octanol–water partition coefficient (Wildman–Crippen LogP) is 2.46. The van der Waals surface area contributed by atoms with Crippen LogP contribution in [0.5, 0.6) is 0 Å². The van der Waals surface area contributed by atoms with E-state index in [1.54, 1.807) is 0 Å². The summed E-state index contributed by atoms with van der Waals surface area (Å²) in [4.78, 5) is 13.5. The smallest absolute Gasteiger partial charge is 0.306 e. The van der Waals surface area contributed by atoms with Crippen molar-refractivity contribution in [2.75, 3.05) is 20.6 Å². The molecule has 0 aliphatic rings. The van der Waals surface area contributed by atoms with Crippen LogP contribution in [0.3, 0.4) is 0 Å². The van der Waals surface area contributed by atoms with Crippen molar-refractivity contribution >= 4 is 5.97 Å². The Morgan fingerprint density at radius 3 is 2.53 bits per heavy atom. The molecule has 3 heteroatoms. The molecule has 0 unspecified atom stereocenters. The number of hydrogen-bond donors (Lipinski definition) is 0. The molecule has 0 heterocycles. The number of ether oxygens (including phenoxy) is 1. The average molecular weight is 235 g/mol. The lowest BCUT2D eigenvalue weighted by atomic mass is 10.2. The van der Waals surface area contributed by atoms with E-state index in [0.29, 0.717) is 13.0 Å². The van der Waals surface area contributed by atoms with Gasteiger partial charge in [0.05, 0.1) is 0 Å². The van der Waals surface area contributed by atoms with Gasteiger partial charge in [-0.3, -0.25) is 4.79 Å². The van der Waals surface area contributed by atoms with Crippen molar-refractivity contribution in [2.24, 2.45) is 0 Å². The number of benzene rings is 1. The van der Waals surface area contributed by atoms with Gasteiger partial charge < -0.3 is 9.64 Å². The number of carbonyl (C=O) groups excluding carboxylic acids is 1. The van der Waals surface area contributed by atoms with Crippen LogP contribution in [-0.2, 0) is 16.1 Å². The minimum Gasteiger partial charge on any atom is -0.461 e. The molecule has 1 rings (SSSR count). The number of rotatable bonds is 7. The number of nitrogens with zero attached hydrogens (tertiary/aromatic N) is 1. The molecule has 0 aliphatic carbocycles. The molecule has 3 nitrogen and oxygen atoms in total. The lowest BCUT2D eigenvalue weighted by Gasteiger charge is -2.08. The maximum atomic E-state index is 11.4. The highest BCUT2D eigenvalue weighted by molar-refractivity contribution is 5.69. The molecule has 0 aliphatic heterocycles. The second-order valence-corrected chi connectivity index (χ2v) is 4.41. The third kappa shape index (κ3) is 6.74. The van der Waals surface area contributed by atoms with Crippen LogP contribution >= 0.6 is 0 Å². The second-order valence-electron chi connectivity index (χ2n) is 4.41. The summed E-state index contributed by atoms with van der Waals surface area (Å²) in [5.74, 6) is -0.104. The summed E-state index contributed by atoms with van der Waals surface area (Å²) < 4.78 is 5.18. The molecule has 0 radical (unpaired) electrons. The van der Waals surface area contributed by atoms with Crippen LogP contribution in [0.2, 0.25) is 0 Å². The van der Waals surface area contributed by atoms with Gasteiger partial charge in [-0.1, -0.05) is 30.3 Å². The summed E-state index contributed by atoms with van der Waals surface area (Å²) in [6.07, 6.45) is 2.44. The third-order valence-electron chi connectivity index (χ3n) is 2.48. The maximum absolute atomic E-state index is 11.4. The monoisotopic (exact) mass is 235 g/mol. The summed E-state index contributed by atoms with van der Waals surface area (Å²) >= 11 is 0. The van der Waals surface area contributed by atoms with E-state index >= 15 is 0 Å². The topological polar surface area (TPSA) is 29.5 Å². The lowest BCUT2D eigenvalue weighted by Crippen LogP contribution is -2.13. The van der Waals surface area contributed by atoms with Crippen molar-refractivity contribution in [3.05, 3.63) is 35.9 Å². The van der Waals surface area contributed by atoms with E-state index in [-0.39, 0.29) is 5.97 Å². The van der Waals surface area contributed by atoms with E-state index in [9.17, 15) is 4.79 Å². The van der Waals surface area contributed by atoms with Gasteiger partial charge in [-0.2, -0.15) is 0 Å². The minimum absolute atomic E-state index is 0.104. The van der Waals surface area contributed by atoms with Gasteiger partial charge >= 0.3 is 5.97 Å². The van der Waals surface area contributed by atoms with Gasteiger partial charge in [-0.05, 0) is 39.0 Å². The largest absolute Gasteiger partial charge is 0.461 e. The van der Waals surface area contributed by atoms with Crippen LogP contribution in [0.25, 0.3) is 0 Å². The Balaban J connectivity index is 2.09. The van der Waals surface area contributed by atoms with Crippen molar-refractivity contribution in [1.82, 2.24) is 4.90 Å².